The summed E-state index contributed by atoms with van der Waals surface area (Å²) in [6.07, 6.45) is 3.47. The monoisotopic (exact) mass is 639 g/mol. The minimum absolute atomic E-state index is 0.0283. The first kappa shape index (κ1) is 30.9. The molecule has 0 radical (unpaired) electrons. The van der Waals surface area contributed by atoms with Gasteiger partial charge in [-0.15, -0.1) is 0 Å². The van der Waals surface area contributed by atoms with Crippen LogP contribution in [0.25, 0.3) is 0 Å². The number of nitrogens with zero attached hydrogens (tertiary/aromatic N) is 5. The number of carbonyl (C=O) groups excluding carboxylic acids is 1. The Balaban J connectivity index is 1.58. The van der Waals surface area contributed by atoms with Gasteiger partial charge in [-0.25, -0.2) is 12.7 Å². The van der Waals surface area contributed by atoms with E-state index in [-0.39, 0.29) is 16.3 Å². The van der Waals surface area contributed by atoms with E-state index in [0.29, 0.717) is 61.0 Å². The first-order valence-electron chi connectivity index (χ1n) is 14.8. The standard InChI is InChI=1S/C34H33N5O6S/c1-4-45-30-8-6-5-7-27(30)34(38-19-17-37(18-20-38)25-13-15-36-16-14-25)28-21-24(23-35)9-11-29(28)39(33(34)40)46(41,42)32-12-10-26(43-2)22-31(32)44-3/h5-16,21-22H,4,17-20H2,1-3H3. The van der Waals surface area contributed by atoms with Crippen molar-refractivity contribution in [1.29, 1.82) is 5.26 Å². The SMILES string of the molecule is CCOc1ccccc1C1(N2CCN(c3ccncc3)CC2)C(=O)N(S(=O)(=O)c2ccc(OC)cc2OC)c2ccc(C#N)cc21. The van der Waals surface area contributed by atoms with E-state index in [1.165, 1.54) is 44.6 Å². The number of nitriles is 1. The van der Waals surface area contributed by atoms with Crippen LogP contribution in [0.15, 0.2) is 90.1 Å². The number of carbonyl (C=O) groups is 1. The van der Waals surface area contributed by atoms with Crippen LogP contribution in [0.1, 0.15) is 23.6 Å². The van der Waals surface area contributed by atoms with Crippen molar-refractivity contribution in [3.63, 3.8) is 0 Å². The zero-order chi connectivity index (χ0) is 32.5. The highest BCUT2D eigenvalue weighted by atomic mass is 32.2. The van der Waals surface area contributed by atoms with E-state index in [0.717, 1.165) is 9.99 Å². The van der Waals surface area contributed by atoms with Gasteiger partial charge in [-0.2, -0.15) is 5.26 Å². The van der Waals surface area contributed by atoms with Crippen LogP contribution in [0.2, 0.25) is 0 Å². The second kappa shape index (κ2) is 12.3. The summed E-state index contributed by atoms with van der Waals surface area (Å²) in [5.41, 5.74) is 0.697. The van der Waals surface area contributed by atoms with Crippen LogP contribution < -0.4 is 23.4 Å². The smallest absolute Gasteiger partial charge is 0.274 e. The third kappa shape index (κ3) is 4.88. The maximum atomic E-state index is 15.3. The van der Waals surface area contributed by atoms with Gasteiger partial charge in [0.1, 0.15) is 22.1 Å². The number of hydrogen-bond acceptors (Lipinski definition) is 10. The van der Waals surface area contributed by atoms with Crippen molar-refractivity contribution in [2.75, 3.05) is 56.2 Å². The molecule has 12 heteroatoms. The van der Waals surface area contributed by atoms with Crippen LogP contribution in [0.5, 0.6) is 17.2 Å². The number of fused-ring (bicyclic) bond motifs is 1. The Labute approximate surface area is 268 Å². The number of methoxy groups -OCH3 is 2. The Morgan fingerprint density at radius 2 is 1.63 bits per heavy atom. The molecular formula is C34H33N5O6S. The molecule has 11 nitrogen and oxygen atoms in total. The summed E-state index contributed by atoms with van der Waals surface area (Å²) in [6, 6.07) is 22.2. The number of para-hydroxylation sites is 1. The topological polar surface area (TPSA) is 125 Å². The van der Waals surface area contributed by atoms with Gasteiger partial charge < -0.3 is 19.1 Å². The molecule has 1 fully saturated rings. The number of sulfonamides is 1. The normalized spacial score (nSPS) is 18.2. The summed E-state index contributed by atoms with van der Waals surface area (Å²) >= 11 is 0. The molecule has 1 unspecified atom stereocenters. The zero-order valence-electron chi connectivity index (χ0n) is 25.7. The van der Waals surface area contributed by atoms with Crippen molar-refractivity contribution in [3.8, 4) is 23.3 Å². The maximum Gasteiger partial charge on any atom is 0.274 e. The molecule has 3 heterocycles. The lowest BCUT2D eigenvalue weighted by atomic mass is 9.80. The van der Waals surface area contributed by atoms with Gasteiger partial charge in [0.25, 0.3) is 15.9 Å². The number of ether oxygens (including phenoxy) is 3. The van der Waals surface area contributed by atoms with E-state index in [1.54, 1.807) is 36.7 Å². The van der Waals surface area contributed by atoms with E-state index in [2.05, 4.69) is 16.0 Å². The quantitative estimate of drug-likeness (QED) is 0.264. The fraction of sp³-hybridized carbons (Fsp3) is 0.265. The molecule has 4 aromatic rings. The highest BCUT2D eigenvalue weighted by Gasteiger charge is 2.60. The van der Waals surface area contributed by atoms with Crippen molar-refractivity contribution in [2.24, 2.45) is 0 Å². The molecular weight excluding hydrogens is 606 g/mol. The molecule has 2 aliphatic rings. The number of pyridine rings is 1. The van der Waals surface area contributed by atoms with Crippen LogP contribution in [0, 0.1) is 11.3 Å². The summed E-state index contributed by atoms with van der Waals surface area (Å²) in [5.74, 6) is 0.180. The predicted molar refractivity (Wildman–Crippen MR) is 172 cm³/mol. The maximum absolute atomic E-state index is 15.3. The lowest BCUT2D eigenvalue weighted by molar-refractivity contribution is -0.127. The third-order valence-electron chi connectivity index (χ3n) is 8.48. The lowest BCUT2D eigenvalue weighted by Gasteiger charge is -2.46. The highest BCUT2D eigenvalue weighted by molar-refractivity contribution is 7.93. The number of hydrogen-bond donors (Lipinski definition) is 0. The summed E-state index contributed by atoms with van der Waals surface area (Å²) in [6.45, 7) is 4.11. The largest absolute Gasteiger partial charge is 0.497 e. The van der Waals surface area contributed by atoms with Crippen molar-refractivity contribution in [1.82, 2.24) is 9.88 Å². The molecule has 0 N–H and O–H groups in total. The van der Waals surface area contributed by atoms with Crippen molar-refractivity contribution >= 4 is 27.3 Å². The number of piperazine rings is 1. The van der Waals surface area contributed by atoms with Crippen LogP contribution in [0.4, 0.5) is 11.4 Å². The molecule has 0 bridgehead atoms. The van der Waals surface area contributed by atoms with Crippen LogP contribution in [0.3, 0.4) is 0 Å². The zero-order valence-corrected chi connectivity index (χ0v) is 26.5. The molecule has 46 heavy (non-hydrogen) atoms. The van der Waals surface area contributed by atoms with E-state index >= 15 is 4.79 Å². The van der Waals surface area contributed by atoms with Crippen LogP contribution in [-0.4, -0.2) is 71.2 Å². The van der Waals surface area contributed by atoms with Crippen molar-refractivity contribution in [3.05, 3.63) is 102 Å². The van der Waals surface area contributed by atoms with Gasteiger partial charge in [0.2, 0.25) is 0 Å². The number of benzene rings is 3. The first-order chi connectivity index (χ1) is 22.3. The average molecular weight is 640 g/mol. The Morgan fingerprint density at radius 3 is 2.30 bits per heavy atom. The molecule has 6 rings (SSSR count). The highest BCUT2D eigenvalue weighted by Crippen LogP contribution is 2.53. The third-order valence-corrected chi connectivity index (χ3v) is 10.2. The van der Waals surface area contributed by atoms with Gasteiger partial charge in [-0.05, 0) is 55.5 Å². The fourth-order valence-electron chi connectivity index (χ4n) is 6.41. The van der Waals surface area contributed by atoms with Gasteiger partial charge in [0.15, 0.2) is 5.54 Å². The van der Waals surface area contributed by atoms with Gasteiger partial charge in [0, 0.05) is 61.5 Å². The Morgan fingerprint density at radius 1 is 0.891 bits per heavy atom. The number of amides is 1. The molecule has 236 valence electrons. The van der Waals surface area contributed by atoms with Gasteiger partial charge in [-0.1, -0.05) is 18.2 Å². The number of anilines is 2. The molecule has 1 amide bonds. The number of aromatic nitrogens is 1. The first-order valence-corrected chi connectivity index (χ1v) is 16.2. The molecule has 0 saturated carbocycles. The average Bonchev–Trinajstić information content (AvgIpc) is 3.37. The van der Waals surface area contributed by atoms with E-state index in [4.69, 9.17) is 14.2 Å². The van der Waals surface area contributed by atoms with Crippen molar-refractivity contribution < 1.29 is 27.4 Å². The second-order valence-electron chi connectivity index (χ2n) is 10.8. The van der Waals surface area contributed by atoms with Crippen molar-refractivity contribution in [2.45, 2.75) is 17.4 Å². The van der Waals surface area contributed by atoms with Gasteiger partial charge >= 0.3 is 0 Å². The predicted octanol–water partition coefficient (Wildman–Crippen LogP) is 4.17. The Hall–Kier alpha value is -5.12. The summed E-state index contributed by atoms with van der Waals surface area (Å²) in [7, 11) is -1.72. The molecule has 0 spiro atoms. The minimum Gasteiger partial charge on any atom is -0.497 e. The van der Waals surface area contributed by atoms with E-state index in [9.17, 15) is 13.7 Å². The second-order valence-corrected chi connectivity index (χ2v) is 12.5. The summed E-state index contributed by atoms with van der Waals surface area (Å²) < 4.78 is 47.0. The number of rotatable bonds is 9. The Kier molecular flexibility index (Phi) is 8.29. The lowest BCUT2D eigenvalue weighted by Crippen LogP contribution is -2.60. The molecule has 1 aromatic heterocycles. The van der Waals surface area contributed by atoms with Gasteiger partial charge in [-0.3, -0.25) is 14.7 Å². The molecule has 3 aromatic carbocycles. The Bertz CT molecular complexity index is 1920. The summed E-state index contributed by atoms with van der Waals surface area (Å²) in [4.78, 5) is 23.4. The van der Waals surface area contributed by atoms with Gasteiger partial charge in [0.05, 0.1) is 38.1 Å². The minimum atomic E-state index is -4.55. The van der Waals surface area contributed by atoms with Crippen LogP contribution >= 0.6 is 0 Å². The van der Waals surface area contributed by atoms with E-state index in [1.807, 2.05) is 30.0 Å². The fourth-order valence-corrected chi connectivity index (χ4v) is 8.01. The molecule has 2 aliphatic heterocycles. The summed E-state index contributed by atoms with van der Waals surface area (Å²) in [5, 5.41) is 9.96. The van der Waals surface area contributed by atoms with E-state index < -0.39 is 21.5 Å². The molecule has 1 atom stereocenters. The van der Waals surface area contributed by atoms with Crippen LogP contribution in [-0.2, 0) is 20.4 Å². The molecule has 1 saturated heterocycles. The molecule has 0 aliphatic carbocycles.